The van der Waals surface area contributed by atoms with Gasteiger partial charge in [0.2, 0.25) is 10.0 Å². The zero-order valence-electron chi connectivity index (χ0n) is 12.0. The van der Waals surface area contributed by atoms with Gasteiger partial charge in [0.15, 0.2) is 0 Å². The van der Waals surface area contributed by atoms with Crippen LogP contribution in [0.4, 0.5) is 0 Å². The van der Waals surface area contributed by atoms with Gasteiger partial charge in [0.1, 0.15) is 5.78 Å². The molecule has 0 aliphatic carbocycles. The third-order valence-electron chi connectivity index (χ3n) is 3.92. The fourth-order valence-corrected chi connectivity index (χ4v) is 4.04. The van der Waals surface area contributed by atoms with Crippen LogP contribution >= 0.6 is 0 Å². The summed E-state index contributed by atoms with van der Waals surface area (Å²) in [5, 5.41) is 0. The van der Waals surface area contributed by atoms with E-state index in [0.29, 0.717) is 37.2 Å². The van der Waals surface area contributed by atoms with Crippen molar-refractivity contribution in [3.63, 3.8) is 0 Å². The highest BCUT2D eigenvalue weighted by molar-refractivity contribution is 7.89. The monoisotopic (exact) mass is 295 g/mol. The van der Waals surface area contributed by atoms with E-state index in [1.807, 2.05) is 13.8 Å². The second-order valence-corrected chi connectivity index (χ2v) is 7.25. The van der Waals surface area contributed by atoms with Crippen molar-refractivity contribution < 1.29 is 13.2 Å². The van der Waals surface area contributed by atoms with E-state index in [1.54, 1.807) is 24.3 Å². The summed E-state index contributed by atoms with van der Waals surface area (Å²) in [6.45, 7) is 4.66. The van der Waals surface area contributed by atoms with Crippen LogP contribution in [-0.2, 0) is 14.8 Å². The molecule has 20 heavy (non-hydrogen) atoms. The van der Waals surface area contributed by atoms with E-state index < -0.39 is 10.0 Å². The highest BCUT2D eigenvalue weighted by Crippen LogP contribution is 2.25. The maximum absolute atomic E-state index is 12.5. The van der Waals surface area contributed by atoms with E-state index in [9.17, 15) is 13.2 Å². The molecule has 1 fully saturated rings. The van der Waals surface area contributed by atoms with Crippen molar-refractivity contribution in [2.24, 2.45) is 5.92 Å². The first-order valence-electron chi connectivity index (χ1n) is 7.04. The zero-order valence-corrected chi connectivity index (χ0v) is 12.8. The lowest BCUT2D eigenvalue weighted by atomic mass is 9.92. The van der Waals surface area contributed by atoms with Gasteiger partial charge in [0, 0.05) is 25.4 Å². The van der Waals surface area contributed by atoms with Crippen LogP contribution in [0.1, 0.15) is 31.7 Å². The lowest BCUT2D eigenvalue weighted by Gasteiger charge is -2.30. The molecule has 0 bridgehead atoms. The predicted octanol–water partition coefficient (Wildman–Crippen LogP) is 2.37. The normalized spacial score (nSPS) is 18.1. The smallest absolute Gasteiger partial charge is 0.243 e. The van der Waals surface area contributed by atoms with E-state index in [-0.39, 0.29) is 11.7 Å². The Hall–Kier alpha value is -1.20. The molecule has 0 amide bonds. The van der Waals surface area contributed by atoms with Crippen molar-refractivity contribution in [1.29, 1.82) is 0 Å². The molecule has 0 N–H and O–H groups in total. The number of carbonyl (C=O) groups excluding carboxylic acids is 1. The topological polar surface area (TPSA) is 54.5 Å². The molecule has 1 saturated heterocycles. The fourth-order valence-electron chi connectivity index (χ4n) is 2.57. The van der Waals surface area contributed by atoms with Crippen LogP contribution in [0.25, 0.3) is 0 Å². The number of hydrogen-bond donors (Lipinski definition) is 0. The van der Waals surface area contributed by atoms with Gasteiger partial charge in [-0.05, 0) is 31.9 Å². The molecular weight excluding hydrogens is 274 g/mol. The van der Waals surface area contributed by atoms with Crippen molar-refractivity contribution in [1.82, 2.24) is 4.31 Å². The maximum Gasteiger partial charge on any atom is 0.243 e. The Balaban J connectivity index is 2.09. The van der Waals surface area contributed by atoms with Gasteiger partial charge in [-0.1, -0.05) is 24.6 Å². The number of aryl methyl sites for hydroxylation is 1. The summed E-state index contributed by atoms with van der Waals surface area (Å²) in [6, 6.07) is 6.91. The number of benzene rings is 1. The van der Waals surface area contributed by atoms with Crippen LogP contribution in [0.5, 0.6) is 0 Å². The van der Waals surface area contributed by atoms with Gasteiger partial charge in [0.25, 0.3) is 0 Å². The third-order valence-corrected chi connectivity index (χ3v) is 5.83. The minimum absolute atomic E-state index is 0.0319. The SMILES string of the molecule is CCC(=O)C1CCN(S(=O)(=O)c2ccc(C)cc2)CC1. The van der Waals surface area contributed by atoms with Crippen LogP contribution in [-0.4, -0.2) is 31.6 Å². The number of Topliss-reactive ketones (excluding diaryl/α,β-unsaturated/α-hetero) is 1. The molecule has 4 nitrogen and oxygen atoms in total. The van der Waals surface area contributed by atoms with Crippen LogP contribution in [0.2, 0.25) is 0 Å². The van der Waals surface area contributed by atoms with E-state index in [1.165, 1.54) is 4.31 Å². The number of ketones is 1. The minimum atomic E-state index is -3.41. The molecule has 5 heteroatoms. The molecule has 1 heterocycles. The first kappa shape index (κ1) is 15.2. The van der Waals surface area contributed by atoms with Crippen LogP contribution in [0.15, 0.2) is 29.2 Å². The molecular formula is C15H21NO3S. The van der Waals surface area contributed by atoms with Gasteiger partial charge < -0.3 is 0 Å². The Labute approximate surface area is 120 Å². The second-order valence-electron chi connectivity index (χ2n) is 5.31. The van der Waals surface area contributed by atoms with Crippen molar-refractivity contribution in [2.75, 3.05) is 13.1 Å². The first-order chi connectivity index (χ1) is 9.45. The van der Waals surface area contributed by atoms with E-state index in [4.69, 9.17) is 0 Å². The van der Waals surface area contributed by atoms with E-state index >= 15 is 0 Å². The Morgan fingerprint density at radius 1 is 1.20 bits per heavy atom. The Bertz CT molecular complexity index is 570. The quantitative estimate of drug-likeness (QED) is 0.857. The molecule has 0 radical (unpaired) electrons. The van der Waals surface area contributed by atoms with Crippen molar-refractivity contribution in [2.45, 2.75) is 38.0 Å². The van der Waals surface area contributed by atoms with Crippen LogP contribution in [0, 0.1) is 12.8 Å². The van der Waals surface area contributed by atoms with Gasteiger partial charge in [-0.3, -0.25) is 4.79 Å². The molecule has 1 aliphatic rings. The number of sulfonamides is 1. The summed E-state index contributed by atoms with van der Waals surface area (Å²) in [5.41, 5.74) is 1.04. The van der Waals surface area contributed by atoms with Crippen molar-refractivity contribution >= 4 is 15.8 Å². The standard InChI is InChI=1S/C15H21NO3S/c1-3-15(17)13-8-10-16(11-9-13)20(18,19)14-6-4-12(2)5-7-14/h4-7,13H,3,8-11H2,1-2H3. The molecule has 0 aromatic heterocycles. The lowest BCUT2D eigenvalue weighted by molar-refractivity contribution is -0.123. The van der Waals surface area contributed by atoms with Crippen molar-refractivity contribution in [3.05, 3.63) is 29.8 Å². The second kappa shape index (κ2) is 6.06. The maximum atomic E-state index is 12.5. The van der Waals surface area contributed by atoms with Gasteiger partial charge in [-0.2, -0.15) is 4.31 Å². The molecule has 110 valence electrons. The summed E-state index contributed by atoms with van der Waals surface area (Å²) in [6.07, 6.45) is 1.81. The number of hydrogen-bond acceptors (Lipinski definition) is 3. The van der Waals surface area contributed by atoms with Crippen LogP contribution in [0.3, 0.4) is 0 Å². The Morgan fingerprint density at radius 3 is 2.25 bits per heavy atom. The summed E-state index contributed by atoms with van der Waals surface area (Å²) in [7, 11) is -3.41. The largest absolute Gasteiger partial charge is 0.299 e. The van der Waals surface area contributed by atoms with E-state index in [0.717, 1.165) is 5.56 Å². The number of rotatable bonds is 4. The van der Waals surface area contributed by atoms with E-state index in [2.05, 4.69) is 0 Å². The Kier molecular flexibility index (Phi) is 4.60. The van der Waals surface area contributed by atoms with Crippen LogP contribution < -0.4 is 0 Å². The molecule has 1 aromatic rings. The molecule has 0 spiro atoms. The van der Waals surface area contributed by atoms with Gasteiger partial charge in [-0.25, -0.2) is 8.42 Å². The summed E-state index contributed by atoms with van der Waals surface area (Å²) in [4.78, 5) is 12.0. The molecule has 0 unspecified atom stereocenters. The highest BCUT2D eigenvalue weighted by Gasteiger charge is 2.31. The molecule has 0 atom stereocenters. The highest BCUT2D eigenvalue weighted by atomic mass is 32.2. The van der Waals surface area contributed by atoms with Crippen molar-refractivity contribution in [3.8, 4) is 0 Å². The summed E-state index contributed by atoms with van der Waals surface area (Å²) >= 11 is 0. The number of nitrogens with zero attached hydrogens (tertiary/aromatic N) is 1. The molecule has 1 aliphatic heterocycles. The van der Waals surface area contributed by atoms with Gasteiger partial charge >= 0.3 is 0 Å². The molecule has 0 saturated carbocycles. The molecule has 2 rings (SSSR count). The Morgan fingerprint density at radius 2 is 1.75 bits per heavy atom. The minimum Gasteiger partial charge on any atom is -0.299 e. The average molecular weight is 295 g/mol. The van der Waals surface area contributed by atoms with Gasteiger partial charge in [-0.15, -0.1) is 0 Å². The lowest BCUT2D eigenvalue weighted by Crippen LogP contribution is -2.40. The first-order valence-corrected chi connectivity index (χ1v) is 8.48. The molecule has 1 aromatic carbocycles. The number of piperidine rings is 1. The fraction of sp³-hybridized carbons (Fsp3) is 0.533. The number of carbonyl (C=O) groups is 1. The average Bonchev–Trinajstić information content (AvgIpc) is 2.47. The van der Waals surface area contributed by atoms with Gasteiger partial charge in [0.05, 0.1) is 4.90 Å². The zero-order chi connectivity index (χ0) is 14.8. The summed E-state index contributed by atoms with van der Waals surface area (Å²) < 4.78 is 26.5. The third kappa shape index (κ3) is 3.10. The predicted molar refractivity (Wildman–Crippen MR) is 78.0 cm³/mol. The summed E-state index contributed by atoms with van der Waals surface area (Å²) in [5.74, 6) is 0.279.